The maximum atomic E-state index is 12.4. The molecule has 1 aliphatic rings. The lowest BCUT2D eigenvalue weighted by Gasteiger charge is -2.17. The van der Waals surface area contributed by atoms with Crippen LogP contribution in [0, 0.1) is 12.8 Å². The summed E-state index contributed by atoms with van der Waals surface area (Å²) in [5, 5.41) is 6.44. The monoisotopic (exact) mass is 377 g/mol. The second-order valence-corrected chi connectivity index (χ2v) is 6.63. The van der Waals surface area contributed by atoms with E-state index < -0.39 is 5.92 Å². The highest BCUT2D eigenvalue weighted by Gasteiger charge is 2.35. The van der Waals surface area contributed by atoms with Crippen molar-refractivity contribution in [3.8, 4) is 11.5 Å². The van der Waals surface area contributed by atoms with Gasteiger partial charge in [0.05, 0.1) is 5.92 Å². The Kier molecular flexibility index (Phi) is 4.80. The number of para-hydroxylation sites is 1. The number of hydrogen-bond donors (Lipinski definition) is 1. The van der Waals surface area contributed by atoms with Gasteiger partial charge in [-0.15, -0.1) is 0 Å². The smallest absolute Gasteiger partial charge is 0.231 e. The summed E-state index contributed by atoms with van der Waals surface area (Å²) in [7, 11) is 0. The van der Waals surface area contributed by atoms with Gasteiger partial charge >= 0.3 is 0 Å². The Morgan fingerprint density at radius 1 is 1.14 bits per heavy atom. The summed E-state index contributed by atoms with van der Waals surface area (Å²) in [5.41, 5.74) is 0.734. The first-order valence-electron chi connectivity index (χ1n) is 8.96. The molecule has 1 fully saturated rings. The fraction of sp³-hybridized carbons (Fsp3) is 0.190. The maximum absolute atomic E-state index is 12.4. The highest BCUT2D eigenvalue weighted by Crippen LogP contribution is 2.29. The van der Waals surface area contributed by atoms with E-state index in [1.807, 2.05) is 42.5 Å². The van der Waals surface area contributed by atoms with Gasteiger partial charge in [0, 0.05) is 24.7 Å². The summed E-state index contributed by atoms with van der Waals surface area (Å²) in [6, 6.07) is 18.4. The maximum Gasteiger partial charge on any atom is 0.231 e. The Balaban J connectivity index is 1.40. The molecule has 0 bridgehead atoms. The van der Waals surface area contributed by atoms with Crippen LogP contribution in [0.15, 0.2) is 65.2 Å². The van der Waals surface area contributed by atoms with E-state index in [1.54, 1.807) is 30.0 Å². The summed E-state index contributed by atoms with van der Waals surface area (Å²) >= 11 is 0. The van der Waals surface area contributed by atoms with Crippen molar-refractivity contribution < 1.29 is 18.8 Å². The average Bonchev–Trinajstić information content (AvgIpc) is 3.29. The molecule has 2 aromatic carbocycles. The minimum Gasteiger partial charge on any atom is -0.457 e. The lowest BCUT2D eigenvalue weighted by molar-refractivity contribution is -0.122. The Labute approximate surface area is 161 Å². The van der Waals surface area contributed by atoms with E-state index in [-0.39, 0.29) is 18.2 Å². The van der Waals surface area contributed by atoms with Gasteiger partial charge in [-0.1, -0.05) is 23.4 Å². The van der Waals surface area contributed by atoms with E-state index in [9.17, 15) is 9.59 Å². The first kappa shape index (κ1) is 17.8. The molecule has 0 saturated carbocycles. The van der Waals surface area contributed by atoms with E-state index in [0.717, 1.165) is 11.4 Å². The number of ether oxygens (including phenoxy) is 1. The third-order valence-corrected chi connectivity index (χ3v) is 4.50. The Hall–Kier alpha value is -3.61. The van der Waals surface area contributed by atoms with Gasteiger partial charge in [-0.05, 0) is 43.3 Å². The number of nitrogens with zero attached hydrogens (tertiary/aromatic N) is 2. The van der Waals surface area contributed by atoms with Gasteiger partial charge in [0.15, 0.2) is 5.82 Å². The van der Waals surface area contributed by atoms with E-state index in [1.165, 1.54) is 0 Å². The molecule has 0 spiro atoms. The van der Waals surface area contributed by atoms with Crippen LogP contribution in [0.4, 0.5) is 11.5 Å². The number of anilines is 2. The molecule has 1 unspecified atom stereocenters. The molecule has 1 N–H and O–H groups in total. The summed E-state index contributed by atoms with van der Waals surface area (Å²) in [5.74, 6) is 1.61. The Morgan fingerprint density at radius 3 is 2.54 bits per heavy atom. The van der Waals surface area contributed by atoms with E-state index in [4.69, 9.17) is 9.26 Å². The van der Waals surface area contributed by atoms with Gasteiger partial charge in [-0.2, -0.15) is 0 Å². The van der Waals surface area contributed by atoms with Crippen molar-refractivity contribution in [3.05, 3.63) is 66.4 Å². The van der Waals surface area contributed by atoms with Crippen molar-refractivity contribution in [1.29, 1.82) is 0 Å². The molecule has 1 atom stereocenters. The Morgan fingerprint density at radius 2 is 1.86 bits per heavy atom. The van der Waals surface area contributed by atoms with E-state index >= 15 is 0 Å². The molecule has 7 heteroatoms. The van der Waals surface area contributed by atoms with Crippen molar-refractivity contribution in [3.63, 3.8) is 0 Å². The van der Waals surface area contributed by atoms with Gasteiger partial charge in [0.25, 0.3) is 0 Å². The summed E-state index contributed by atoms with van der Waals surface area (Å²) < 4.78 is 10.7. The molecule has 2 amide bonds. The van der Waals surface area contributed by atoms with Crippen molar-refractivity contribution in [2.24, 2.45) is 5.92 Å². The second kappa shape index (κ2) is 7.56. The molecule has 3 aromatic rings. The molecule has 1 saturated heterocycles. The normalized spacial score (nSPS) is 16.2. The van der Waals surface area contributed by atoms with Crippen LogP contribution in [0.3, 0.4) is 0 Å². The highest BCUT2D eigenvalue weighted by molar-refractivity contribution is 6.03. The quantitative estimate of drug-likeness (QED) is 0.732. The van der Waals surface area contributed by atoms with Crippen molar-refractivity contribution in [2.75, 3.05) is 16.8 Å². The van der Waals surface area contributed by atoms with Crippen molar-refractivity contribution in [2.45, 2.75) is 13.3 Å². The zero-order chi connectivity index (χ0) is 19.5. The Bertz CT molecular complexity index is 982. The zero-order valence-electron chi connectivity index (χ0n) is 15.3. The van der Waals surface area contributed by atoms with Gasteiger partial charge in [-0.3, -0.25) is 9.59 Å². The molecule has 28 heavy (non-hydrogen) atoms. The number of benzene rings is 2. The highest BCUT2D eigenvalue weighted by atomic mass is 16.5. The third kappa shape index (κ3) is 3.88. The number of carbonyl (C=O) groups excluding carboxylic acids is 2. The zero-order valence-corrected chi connectivity index (χ0v) is 15.3. The largest absolute Gasteiger partial charge is 0.457 e. The number of hydrogen-bond acceptors (Lipinski definition) is 5. The van der Waals surface area contributed by atoms with Crippen LogP contribution >= 0.6 is 0 Å². The predicted octanol–water partition coefficient (Wildman–Crippen LogP) is 3.77. The molecular weight excluding hydrogens is 358 g/mol. The average molecular weight is 377 g/mol. The van der Waals surface area contributed by atoms with Crippen LogP contribution in [-0.2, 0) is 9.59 Å². The molecule has 0 aliphatic carbocycles. The van der Waals surface area contributed by atoms with Crippen LogP contribution in [0.5, 0.6) is 11.5 Å². The number of aryl methyl sites for hydroxylation is 1. The second-order valence-electron chi connectivity index (χ2n) is 6.63. The molecule has 1 aliphatic heterocycles. The minimum atomic E-state index is -0.440. The van der Waals surface area contributed by atoms with Gasteiger partial charge < -0.3 is 19.5 Å². The summed E-state index contributed by atoms with van der Waals surface area (Å²) in [6.45, 7) is 2.06. The number of carbonyl (C=O) groups is 2. The van der Waals surface area contributed by atoms with Gasteiger partial charge in [-0.25, -0.2) is 0 Å². The van der Waals surface area contributed by atoms with Crippen LogP contribution in [0.1, 0.15) is 12.2 Å². The SMILES string of the molecule is Cc1cc(NC(=O)C2CC(=O)N(c3ccc(Oc4ccccc4)cc3)C2)no1. The van der Waals surface area contributed by atoms with Gasteiger partial charge in [0.2, 0.25) is 11.8 Å². The fourth-order valence-electron chi connectivity index (χ4n) is 3.11. The van der Waals surface area contributed by atoms with Crippen LogP contribution in [0.25, 0.3) is 0 Å². The van der Waals surface area contributed by atoms with Gasteiger partial charge in [0.1, 0.15) is 17.3 Å². The van der Waals surface area contributed by atoms with Crippen molar-refractivity contribution in [1.82, 2.24) is 5.16 Å². The molecule has 0 radical (unpaired) electrons. The molecule has 142 valence electrons. The number of aromatic nitrogens is 1. The lowest BCUT2D eigenvalue weighted by atomic mass is 10.1. The molecule has 4 rings (SSSR count). The standard InChI is InChI=1S/C21H19N3O4/c1-14-11-19(23-28-14)22-21(26)15-12-20(25)24(13-15)16-7-9-18(10-8-16)27-17-5-3-2-4-6-17/h2-11,15H,12-13H2,1H3,(H,22,23,26). The minimum absolute atomic E-state index is 0.0896. The van der Waals surface area contributed by atoms with Crippen molar-refractivity contribution >= 4 is 23.3 Å². The summed E-state index contributed by atoms with van der Waals surface area (Å²) in [4.78, 5) is 26.4. The number of nitrogens with one attached hydrogen (secondary N) is 1. The van der Waals surface area contributed by atoms with Crippen LogP contribution in [-0.4, -0.2) is 23.5 Å². The summed E-state index contributed by atoms with van der Waals surface area (Å²) in [6.07, 6.45) is 0.158. The predicted molar refractivity (Wildman–Crippen MR) is 103 cm³/mol. The first-order chi connectivity index (χ1) is 13.6. The van der Waals surface area contributed by atoms with Crippen LogP contribution in [0.2, 0.25) is 0 Å². The third-order valence-electron chi connectivity index (χ3n) is 4.50. The number of amides is 2. The molecule has 7 nitrogen and oxygen atoms in total. The fourth-order valence-corrected chi connectivity index (χ4v) is 3.11. The van der Waals surface area contributed by atoms with E-state index in [2.05, 4.69) is 10.5 Å². The molecule has 1 aromatic heterocycles. The molecular formula is C21H19N3O4. The lowest BCUT2D eigenvalue weighted by Crippen LogP contribution is -2.28. The topological polar surface area (TPSA) is 84.7 Å². The molecule has 2 heterocycles. The number of rotatable bonds is 5. The van der Waals surface area contributed by atoms with E-state index in [0.29, 0.717) is 23.9 Å². The first-order valence-corrected chi connectivity index (χ1v) is 8.96. The van der Waals surface area contributed by atoms with Crippen LogP contribution < -0.4 is 15.0 Å².